The minimum atomic E-state index is -0.393. The van der Waals surface area contributed by atoms with E-state index in [1.165, 1.54) is 27.4 Å². The summed E-state index contributed by atoms with van der Waals surface area (Å²) < 4.78 is 16.1. The van der Waals surface area contributed by atoms with Crippen molar-refractivity contribution in [2.75, 3.05) is 26.6 Å². The van der Waals surface area contributed by atoms with Crippen LogP contribution in [0.5, 0.6) is 17.2 Å². The molecular weight excluding hydrogens is 420 g/mol. The number of methoxy groups -OCH3 is 3. The molecule has 2 amide bonds. The van der Waals surface area contributed by atoms with Crippen molar-refractivity contribution in [3.63, 3.8) is 0 Å². The SMILES string of the molecule is COc1ccc(C=CC(=O)Nc2ccccc2C(=O)NCc2ccccc2)c(OC)c1OC. The van der Waals surface area contributed by atoms with E-state index in [0.717, 1.165) is 5.56 Å². The van der Waals surface area contributed by atoms with Crippen molar-refractivity contribution in [1.29, 1.82) is 0 Å². The number of rotatable bonds is 9. The minimum Gasteiger partial charge on any atom is -0.493 e. The molecule has 0 saturated heterocycles. The Hall–Kier alpha value is -4.26. The zero-order valence-electron chi connectivity index (χ0n) is 18.8. The average Bonchev–Trinajstić information content (AvgIpc) is 2.86. The zero-order chi connectivity index (χ0) is 23.6. The molecule has 0 aliphatic rings. The van der Waals surface area contributed by atoms with Gasteiger partial charge in [-0.1, -0.05) is 42.5 Å². The lowest BCUT2D eigenvalue weighted by Gasteiger charge is -2.14. The molecule has 0 unspecified atom stereocenters. The van der Waals surface area contributed by atoms with Gasteiger partial charge in [0.1, 0.15) is 0 Å². The largest absolute Gasteiger partial charge is 0.493 e. The molecule has 0 heterocycles. The fraction of sp³-hybridized carbons (Fsp3) is 0.154. The highest BCUT2D eigenvalue weighted by Crippen LogP contribution is 2.40. The molecule has 2 N–H and O–H groups in total. The van der Waals surface area contributed by atoms with E-state index >= 15 is 0 Å². The topological polar surface area (TPSA) is 85.9 Å². The number of hydrogen-bond donors (Lipinski definition) is 2. The Kier molecular flexibility index (Phi) is 8.07. The lowest BCUT2D eigenvalue weighted by Crippen LogP contribution is -2.24. The van der Waals surface area contributed by atoms with E-state index in [-0.39, 0.29) is 5.91 Å². The van der Waals surface area contributed by atoms with Crippen molar-refractivity contribution in [3.8, 4) is 17.2 Å². The number of amides is 2. The molecule has 3 aromatic rings. The van der Waals surface area contributed by atoms with Gasteiger partial charge in [0.15, 0.2) is 11.5 Å². The first kappa shape index (κ1) is 23.4. The normalized spacial score (nSPS) is 10.5. The van der Waals surface area contributed by atoms with Crippen LogP contribution in [0.3, 0.4) is 0 Å². The molecule has 7 heteroatoms. The first-order valence-electron chi connectivity index (χ1n) is 10.3. The molecule has 0 spiro atoms. The Morgan fingerprint density at radius 1 is 0.818 bits per heavy atom. The minimum absolute atomic E-state index is 0.278. The summed E-state index contributed by atoms with van der Waals surface area (Å²) in [6.07, 6.45) is 2.97. The van der Waals surface area contributed by atoms with Crippen molar-refractivity contribution in [3.05, 3.63) is 89.5 Å². The summed E-state index contributed by atoms with van der Waals surface area (Å²) in [7, 11) is 4.56. The molecule has 170 valence electrons. The van der Waals surface area contributed by atoms with Gasteiger partial charge in [0.2, 0.25) is 11.7 Å². The lowest BCUT2D eigenvalue weighted by molar-refractivity contribution is -0.111. The molecule has 33 heavy (non-hydrogen) atoms. The van der Waals surface area contributed by atoms with E-state index in [1.54, 1.807) is 42.5 Å². The summed E-state index contributed by atoms with van der Waals surface area (Å²) in [5.41, 5.74) is 2.41. The van der Waals surface area contributed by atoms with Gasteiger partial charge in [-0.15, -0.1) is 0 Å². The molecule has 0 atom stereocenters. The highest BCUT2D eigenvalue weighted by Gasteiger charge is 2.15. The maximum absolute atomic E-state index is 12.7. The van der Waals surface area contributed by atoms with Crippen molar-refractivity contribution in [2.45, 2.75) is 6.54 Å². The maximum atomic E-state index is 12.7. The number of anilines is 1. The summed E-state index contributed by atoms with van der Waals surface area (Å²) in [5.74, 6) is 0.728. The molecule has 3 rings (SSSR count). The van der Waals surface area contributed by atoms with Gasteiger partial charge in [-0.25, -0.2) is 0 Å². The van der Waals surface area contributed by atoms with Gasteiger partial charge in [-0.2, -0.15) is 0 Å². The maximum Gasteiger partial charge on any atom is 0.253 e. The highest BCUT2D eigenvalue weighted by atomic mass is 16.5. The quantitative estimate of drug-likeness (QED) is 0.479. The fourth-order valence-electron chi connectivity index (χ4n) is 3.26. The van der Waals surface area contributed by atoms with E-state index in [0.29, 0.717) is 40.6 Å². The van der Waals surface area contributed by atoms with E-state index in [4.69, 9.17) is 14.2 Å². The molecule has 7 nitrogen and oxygen atoms in total. The molecule has 0 fully saturated rings. The van der Waals surface area contributed by atoms with E-state index in [1.807, 2.05) is 30.3 Å². The third-order valence-electron chi connectivity index (χ3n) is 4.87. The summed E-state index contributed by atoms with van der Waals surface area (Å²) in [6.45, 7) is 0.390. The predicted octanol–water partition coefficient (Wildman–Crippen LogP) is 4.29. The number of hydrogen-bond acceptors (Lipinski definition) is 5. The van der Waals surface area contributed by atoms with Crippen LogP contribution < -0.4 is 24.8 Å². The number of ether oxygens (including phenoxy) is 3. The van der Waals surface area contributed by atoms with Gasteiger partial charge in [0.25, 0.3) is 5.91 Å². The van der Waals surface area contributed by atoms with Crippen LogP contribution >= 0.6 is 0 Å². The Balaban J connectivity index is 1.72. The van der Waals surface area contributed by atoms with Crippen LogP contribution in [-0.2, 0) is 11.3 Å². The molecule has 0 radical (unpaired) electrons. The van der Waals surface area contributed by atoms with Crippen molar-refractivity contribution in [2.24, 2.45) is 0 Å². The smallest absolute Gasteiger partial charge is 0.253 e. The number of carbonyl (C=O) groups is 2. The number of para-hydroxylation sites is 1. The van der Waals surface area contributed by atoms with Gasteiger partial charge in [0.05, 0.1) is 32.6 Å². The highest BCUT2D eigenvalue weighted by molar-refractivity contribution is 6.07. The van der Waals surface area contributed by atoms with Crippen molar-refractivity contribution in [1.82, 2.24) is 5.32 Å². The van der Waals surface area contributed by atoms with Crippen LogP contribution in [0.15, 0.2) is 72.8 Å². The Bertz CT molecular complexity index is 1140. The summed E-state index contributed by atoms with van der Waals surface area (Å²) in [5, 5.41) is 5.64. The van der Waals surface area contributed by atoms with Crippen LogP contribution in [-0.4, -0.2) is 33.1 Å². The third-order valence-corrected chi connectivity index (χ3v) is 4.87. The van der Waals surface area contributed by atoms with E-state index < -0.39 is 5.91 Å². The second-order valence-corrected chi connectivity index (χ2v) is 6.96. The monoisotopic (exact) mass is 446 g/mol. The zero-order valence-corrected chi connectivity index (χ0v) is 18.8. The van der Waals surface area contributed by atoms with Gasteiger partial charge in [0, 0.05) is 18.2 Å². The summed E-state index contributed by atoms with van der Waals surface area (Å²) in [6, 6.07) is 19.9. The van der Waals surface area contributed by atoms with Crippen molar-refractivity contribution >= 4 is 23.6 Å². The van der Waals surface area contributed by atoms with E-state index in [9.17, 15) is 9.59 Å². The Morgan fingerprint density at radius 3 is 2.21 bits per heavy atom. The second kappa shape index (κ2) is 11.4. The molecule has 0 bridgehead atoms. The first-order chi connectivity index (χ1) is 16.1. The third kappa shape index (κ3) is 5.92. The van der Waals surface area contributed by atoms with Crippen LogP contribution in [0.1, 0.15) is 21.5 Å². The van der Waals surface area contributed by atoms with Crippen LogP contribution in [0.25, 0.3) is 6.08 Å². The summed E-state index contributed by atoms with van der Waals surface area (Å²) >= 11 is 0. The van der Waals surface area contributed by atoms with Gasteiger partial charge in [-0.05, 0) is 35.9 Å². The average molecular weight is 447 g/mol. The van der Waals surface area contributed by atoms with E-state index in [2.05, 4.69) is 10.6 Å². The van der Waals surface area contributed by atoms with Gasteiger partial charge in [-0.3, -0.25) is 9.59 Å². The van der Waals surface area contributed by atoms with Crippen LogP contribution in [0, 0.1) is 0 Å². The lowest BCUT2D eigenvalue weighted by atomic mass is 10.1. The second-order valence-electron chi connectivity index (χ2n) is 6.96. The molecule has 0 aliphatic heterocycles. The van der Waals surface area contributed by atoms with Crippen LogP contribution in [0.4, 0.5) is 5.69 Å². The number of nitrogens with one attached hydrogen (secondary N) is 2. The molecule has 0 aliphatic carbocycles. The number of carbonyl (C=O) groups excluding carboxylic acids is 2. The standard InChI is InChI=1S/C26H26N2O5/c1-31-22-15-13-19(24(32-2)25(22)33-3)14-16-23(29)28-21-12-8-7-11-20(21)26(30)27-17-18-9-5-4-6-10-18/h4-16H,17H2,1-3H3,(H,27,30)(H,28,29). The Labute approximate surface area is 193 Å². The molecule has 3 aromatic carbocycles. The van der Waals surface area contributed by atoms with Crippen molar-refractivity contribution < 1.29 is 23.8 Å². The first-order valence-corrected chi connectivity index (χ1v) is 10.3. The molecular formula is C26H26N2O5. The molecule has 0 saturated carbocycles. The van der Waals surface area contributed by atoms with Gasteiger partial charge >= 0.3 is 0 Å². The predicted molar refractivity (Wildman–Crippen MR) is 128 cm³/mol. The number of benzene rings is 3. The Morgan fingerprint density at radius 2 is 1.52 bits per heavy atom. The van der Waals surface area contributed by atoms with Gasteiger partial charge < -0.3 is 24.8 Å². The fourth-order valence-corrected chi connectivity index (χ4v) is 3.26. The van der Waals surface area contributed by atoms with Crippen LogP contribution in [0.2, 0.25) is 0 Å². The molecule has 0 aromatic heterocycles. The summed E-state index contributed by atoms with van der Waals surface area (Å²) in [4.78, 5) is 25.3.